The first kappa shape index (κ1) is 14.4. The molecule has 8 bridgehead atoms. The Bertz CT molecular complexity index is 653. The first-order chi connectivity index (χ1) is 11.6. The highest BCUT2D eigenvalue weighted by Gasteiger charge is 2.69. The van der Waals surface area contributed by atoms with Crippen molar-refractivity contribution in [3.8, 4) is 0 Å². The van der Waals surface area contributed by atoms with E-state index < -0.39 is 0 Å². The average molecular weight is 333 g/mol. The summed E-state index contributed by atoms with van der Waals surface area (Å²) in [6.45, 7) is 6.65. The normalized spacial score (nSPS) is 52.9. The third-order valence-electron chi connectivity index (χ3n) is 9.12. The van der Waals surface area contributed by atoms with E-state index in [1.54, 1.807) is 30.0 Å². The first-order valence-corrected chi connectivity index (χ1v) is 11.2. The van der Waals surface area contributed by atoms with Gasteiger partial charge in [0, 0.05) is 0 Å². The molecule has 0 N–H and O–H groups in total. The molecule has 0 amide bonds. The second-order valence-corrected chi connectivity index (χ2v) is 11.4. The van der Waals surface area contributed by atoms with Crippen molar-refractivity contribution in [3.63, 3.8) is 0 Å². The minimum atomic E-state index is 0.529. The van der Waals surface area contributed by atoms with Crippen LogP contribution in [0.3, 0.4) is 0 Å². The second-order valence-electron chi connectivity index (χ2n) is 10.2. The Morgan fingerprint density at radius 2 is 1.38 bits per heavy atom. The lowest BCUT2D eigenvalue weighted by Gasteiger charge is -2.75. The van der Waals surface area contributed by atoms with E-state index in [0.29, 0.717) is 5.41 Å². The van der Waals surface area contributed by atoms with Crippen molar-refractivity contribution in [2.75, 3.05) is 0 Å². The summed E-state index contributed by atoms with van der Waals surface area (Å²) in [7, 11) is 0.782. The van der Waals surface area contributed by atoms with Crippen LogP contribution < -0.4 is 5.19 Å². The van der Waals surface area contributed by atoms with Crippen LogP contribution in [0.5, 0.6) is 0 Å². The molecule has 0 nitrogen and oxygen atoms in total. The smallest absolute Gasteiger partial charge is 0.107 e. The Morgan fingerprint density at radius 1 is 0.875 bits per heavy atom. The number of rotatable bonds is 3. The molecular weight excluding hydrogens is 304 g/mol. The number of benzene rings is 1. The summed E-state index contributed by atoms with van der Waals surface area (Å²) in [5, 5.41) is 1.60. The fourth-order valence-corrected chi connectivity index (χ4v) is 9.71. The zero-order valence-electron chi connectivity index (χ0n) is 14.8. The van der Waals surface area contributed by atoms with Gasteiger partial charge in [0.25, 0.3) is 0 Å². The summed E-state index contributed by atoms with van der Waals surface area (Å²) in [5.41, 5.74) is 5.11. The van der Waals surface area contributed by atoms with Crippen LogP contribution in [0.15, 0.2) is 36.5 Å². The van der Waals surface area contributed by atoms with Gasteiger partial charge in [0.1, 0.15) is 9.52 Å². The van der Waals surface area contributed by atoms with E-state index in [2.05, 4.69) is 43.5 Å². The Balaban J connectivity index is 1.46. The van der Waals surface area contributed by atoms with Gasteiger partial charge in [-0.1, -0.05) is 36.4 Å². The van der Waals surface area contributed by atoms with E-state index in [0.717, 1.165) is 50.4 Å². The van der Waals surface area contributed by atoms with Crippen LogP contribution in [0.1, 0.15) is 51.0 Å². The van der Waals surface area contributed by atoms with Gasteiger partial charge in [-0.05, 0) is 90.4 Å². The van der Waals surface area contributed by atoms with E-state index >= 15 is 0 Å². The lowest BCUT2D eigenvalue weighted by atomic mass is 9.30. The molecule has 7 aliphatic carbocycles. The lowest BCUT2D eigenvalue weighted by Crippen LogP contribution is -2.68. The summed E-state index contributed by atoms with van der Waals surface area (Å²) in [4.78, 5) is 0. The molecule has 7 saturated carbocycles. The quantitative estimate of drug-likeness (QED) is 0.715. The average Bonchev–Trinajstić information content (AvgIpc) is 2.59. The molecular formula is C23H28Si. The first-order valence-electron chi connectivity index (χ1n) is 10.1. The molecule has 7 fully saturated rings. The zero-order chi connectivity index (χ0) is 16.1. The third-order valence-corrected chi connectivity index (χ3v) is 10.1. The Labute approximate surface area is 148 Å². The molecule has 24 heavy (non-hydrogen) atoms. The van der Waals surface area contributed by atoms with Gasteiger partial charge in [-0.2, -0.15) is 0 Å². The molecule has 1 aromatic rings. The maximum absolute atomic E-state index is 4.03. The van der Waals surface area contributed by atoms with E-state index in [-0.39, 0.29) is 0 Å². The van der Waals surface area contributed by atoms with Gasteiger partial charge in [0.15, 0.2) is 0 Å². The molecule has 0 unspecified atom stereocenters. The molecule has 0 atom stereocenters. The fourth-order valence-electron chi connectivity index (χ4n) is 8.79. The van der Waals surface area contributed by atoms with E-state index in [1.807, 2.05) is 0 Å². The van der Waals surface area contributed by atoms with Gasteiger partial charge in [-0.15, -0.1) is 12.3 Å². The summed E-state index contributed by atoms with van der Waals surface area (Å²) in [6.07, 6.45) is 9.22. The molecule has 0 heterocycles. The van der Waals surface area contributed by atoms with Crippen molar-refractivity contribution in [2.24, 2.45) is 40.9 Å². The molecule has 0 saturated heterocycles. The predicted octanol–water partition coefficient (Wildman–Crippen LogP) is 4.51. The van der Waals surface area contributed by atoms with Crippen LogP contribution >= 0.6 is 0 Å². The van der Waals surface area contributed by atoms with Crippen molar-refractivity contribution in [2.45, 2.75) is 50.9 Å². The Kier molecular flexibility index (Phi) is 2.67. The van der Waals surface area contributed by atoms with Crippen molar-refractivity contribution in [1.82, 2.24) is 0 Å². The third kappa shape index (κ3) is 1.61. The fraction of sp³-hybridized carbons (Fsp3) is 0.652. The minimum absolute atomic E-state index is 0.529. The van der Waals surface area contributed by atoms with Gasteiger partial charge >= 0.3 is 0 Å². The summed E-state index contributed by atoms with van der Waals surface area (Å²) in [5.74, 6) is 6.45. The standard InChI is InChI=1S/C23H28Si/c1-3-24-21-7-5-4-6-20(21)23-11-17-14-8-22(2)9-15(17)19(13-23)16(10-22)18(14)12-23/h3-7,14-19H,1,8-13H2,2H3. The molecule has 0 aromatic heterocycles. The van der Waals surface area contributed by atoms with Crippen molar-refractivity contribution < 1.29 is 0 Å². The number of hydrogen-bond donors (Lipinski definition) is 0. The summed E-state index contributed by atoms with van der Waals surface area (Å²) < 4.78 is 0. The lowest BCUT2D eigenvalue weighted by molar-refractivity contribution is -0.236. The Morgan fingerprint density at radius 3 is 1.92 bits per heavy atom. The van der Waals surface area contributed by atoms with Gasteiger partial charge in [-0.25, -0.2) is 0 Å². The monoisotopic (exact) mass is 332 g/mol. The van der Waals surface area contributed by atoms with Gasteiger partial charge in [-0.3, -0.25) is 0 Å². The maximum Gasteiger partial charge on any atom is 0.111 e. The highest BCUT2D eigenvalue weighted by molar-refractivity contribution is 6.59. The van der Waals surface area contributed by atoms with Crippen molar-refractivity contribution in [1.29, 1.82) is 0 Å². The summed E-state index contributed by atoms with van der Waals surface area (Å²) >= 11 is 0. The van der Waals surface area contributed by atoms with Crippen LogP contribution in [0.4, 0.5) is 0 Å². The van der Waals surface area contributed by atoms with Crippen LogP contribution in [0.2, 0.25) is 0 Å². The highest BCUT2D eigenvalue weighted by atomic mass is 28.2. The van der Waals surface area contributed by atoms with Gasteiger partial charge in [0.2, 0.25) is 0 Å². The molecule has 2 radical (unpaired) electrons. The SMILES string of the molecule is C=C[Si]c1ccccc1C12CC3C4CC5(C)CC3C(C1)C(C5)C4C2. The van der Waals surface area contributed by atoms with Gasteiger partial charge in [0.05, 0.1) is 0 Å². The molecule has 1 aromatic carbocycles. The van der Waals surface area contributed by atoms with Crippen molar-refractivity contribution in [3.05, 3.63) is 42.1 Å². The topological polar surface area (TPSA) is 0 Å². The predicted molar refractivity (Wildman–Crippen MR) is 100 cm³/mol. The maximum atomic E-state index is 4.03. The van der Waals surface area contributed by atoms with Crippen molar-refractivity contribution >= 4 is 14.7 Å². The van der Waals surface area contributed by atoms with E-state index in [9.17, 15) is 0 Å². The molecule has 0 aliphatic heterocycles. The van der Waals surface area contributed by atoms with Gasteiger partial charge < -0.3 is 0 Å². The molecule has 124 valence electrons. The second kappa shape index (κ2) is 4.47. The van der Waals surface area contributed by atoms with Crippen LogP contribution in [0, 0.1) is 40.9 Å². The summed E-state index contributed by atoms with van der Waals surface area (Å²) in [6, 6.07) is 9.41. The molecule has 7 aliphatic rings. The molecule has 8 rings (SSSR count). The Hall–Kier alpha value is -0.823. The largest absolute Gasteiger partial charge is 0.111 e. The zero-order valence-corrected chi connectivity index (χ0v) is 15.8. The highest BCUT2D eigenvalue weighted by Crippen LogP contribution is 2.76. The molecule has 1 heteroatoms. The molecule has 0 spiro atoms. The number of hydrogen-bond acceptors (Lipinski definition) is 0. The van der Waals surface area contributed by atoms with E-state index in [1.165, 1.54) is 19.3 Å². The minimum Gasteiger partial charge on any atom is -0.107 e. The van der Waals surface area contributed by atoms with Crippen LogP contribution in [-0.4, -0.2) is 9.52 Å². The van der Waals surface area contributed by atoms with E-state index in [4.69, 9.17) is 0 Å². The van der Waals surface area contributed by atoms with Crippen LogP contribution in [-0.2, 0) is 5.41 Å². The van der Waals surface area contributed by atoms with Crippen LogP contribution in [0.25, 0.3) is 0 Å².